The van der Waals surface area contributed by atoms with Crippen molar-refractivity contribution in [2.24, 2.45) is 10.7 Å². The van der Waals surface area contributed by atoms with E-state index in [9.17, 15) is 0 Å². The van der Waals surface area contributed by atoms with Crippen molar-refractivity contribution < 1.29 is 0 Å². The molecule has 0 bridgehead atoms. The fraction of sp³-hybridized carbons (Fsp3) is 0.429. The zero-order valence-corrected chi connectivity index (χ0v) is 19.1. The first-order valence-corrected chi connectivity index (χ1v) is 9.76. The summed E-state index contributed by atoms with van der Waals surface area (Å²) in [5, 5.41) is 3.15. The summed E-state index contributed by atoms with van der Waals surface area (Å²) in [4.78, 5) is 13.9. The summed E-state index contributed by atoms with van der Waals surface area (Å²) in [5.41, 5.74) is 9.32. The maximum atomic E-state index is 6.02. The first-order chi connectivity index (χ1) is 13.2. The number of aryl methyl sites for hydroxylation is 1. The number of piperazine rings is 1. The van der Waals surface area contributed by atoms with Gasteiger partial charge in [0.05, 0.1) is 6.54 Å². The molecule has 152 valence electrons. The van der Waals surface area contributed by atoms with Gasteiger partial charge in [0.2, 0.25) is 0 Å². The molecule has 0 radical (unpaired) electrons. The molecule has 28 heavy (non-hydrogen) atoms. The summed E-state index contributed by atoms with van der Waals surface area (Å²) in [7, 11) is 0. The number of nitrogens with zero attached hydrogens (tertiary/aromatic N) is 4. The van der Waals surface area contributed by atoms with E-state index in [0.29, 0.717) is 12.5 Å². The molecule has 1 saturated heterocycles. The van der Waals surface area contributed by atoms with Crippen LogP contribution in [0.4, 0.5) is 11.5 Å². The zero-order chi connectivity index (χ0) is 19.1. The number of halogens is 1. The number of benzene rings is 1. The van der Waals surface area contributed by atoms with E-state index in [0.717, 1.165) is 56.2 Å². The van der Waals surface area contributed by atoms with Crippen LogP contribution in [0.3, 0.4) is 0 Å². The average molecular weight is 494 g/mol. The van der Waals surface area contributed by atoms with Crippen LogP contribution in [0, 0.1) is 0 Å². The Kier molecular flexibility index (Phi) is 8.98. The monoisotopic (exact) mass is 494 g/mol. The number of nitrogens with two attached hydrogens (primary N) is 1. The van der Waals surface area contributed by atoms with Crippen molar-refractivity contribution in [2.45, 2.75) is 26.8 Å². The Morgan fingerprint density at radius 3 is 2.54 bits per heavy atom. The Bertz CT molecular complexity index is 754. The maximum Gasteiger partial charge on any atom is 0.193 e. The number of aliphatic imine (C=N–C) groups is 1. The number of likely N-dealkylation sites (N-methyl/N-ethyl adjacent to an activating group) is 1. The normalized spacial score (nSPS) is 15.2. The zero-order valence-electron chi connectivity index (χ0n) is 16.8. The van der Waals surface area contributed by atoms with E-state index in [4.69, 9.17) is 5.73 Å². The van der Waals surface area contributed by atoms with Crippen molar-refractivity contribution >= 4 is 41.4 Å². The smallest absolute Gasteiger partial charge is 0.193 e. The van der Waals surface area contributed by atoms with E-state index >= 15 is 0 Å². The molecule has 1 aromatic carbocycles. The third-order valence-corrected chi connectivity index (χ3v) is 4.99. The fourth-order valence-corrected chi connectivity index (χ4v) is 3.22. The first kappa shape index (κ1) is 22.4. The Morgan fingerprint density at radius 1 is 1.11 bits per heavy atom. The number of aromatic nitrogens is 1. The molecule has 0 aliphatic carbocycles. The molecule has 0 saturated carbocycles. The van der Waals surface area contributed by atoms with Gasteiger partial charge in [-0.1, -0.05) is 32.0 Å². The third kappa shape index (κ3) is 6.34. The first-order valence-electron chi connectivity index (χ1n) is 9.76. The van der Waals surface area contributed by atoms with Gasteiger partial charge in [0.15, 0.2) is 5.96 Å². The van der Waals surface area contributed by atoms with Gasteiger partial charge in [0.25, 0.3) is 0 Å². The molecule has 1 aliphatic rings. The summed E-state index contributed by atoms with van der Waals surface area (Å²) in [6.45, 7) is 10.3. The Balaban J connectivity index is 0.00000280. The van der Waals surface area contributed by atoms with E-state index in [1.807, 2.05) is 18.3 Å². The Labute approximate surface area is 185 Å². The predicted octanol–water partition coefficient (Wildman–Crippen LogP) is 3.33. The van der Waals surface area contributed by atoms with Gasteiger partial charge in [0, 0.05) is 38.1 Å². The van der Waals surface area contributed by atoms with Crippen molar-refractivity contribution in [1.29, 1.82) is 0 Å². The standard InChI is InChI=1S/C21H30N6.HI/c1-3-17-6-5-7-19(14-17)25-21(22)24-16-18-8-9-20(23-15-18)27-12-10-26(4-2)11-13-27;/h5-9,14-15H,3-4,10-13,16H2,1-2H3,(H3,22,24,25);1H. The highest BCUT2D eigenvalue weighted by Gasteiger charge is 2.16. The average Bonchev–Trinajstić information content (AvgIpc) is 2.73. The van der Waals surface area contributed by atoms with Gasteiger partial charge in [-0.2, -0.15) is 0 Å². The molecular formula is C21H31IN6. The van der Waals surface area contributed by atoms with E-state index < -0.39 is 0 Å². The summed E-state index contributed by atoms with van der Waals surface area (Å²) in [5.74, 6) is 1.46. The maximum absolute atomic E-state index is 6.02. The molecule has 2 aromatic rings. The number of guanidine groups is 1. The van der Waals surface area contributed by atoms with E-state index in [-0.39, 0.29) is 24.0 Å². The minimum absolute atomic E-state index is 0. The fourth-order valence-electron chi connectivity index (χ4n) is 3.22. The minimum atomic E-state index is 0. The number of hydrogen-bond donors (Lipinski definition) is 2. The minimum Gasteiger partial charge on any atom is -0.370 e. The van der Waals surface area contributed by atoms with Crippen molar-refractivity contribution in [3.05, 3.63) is 53.7 Å². The molecule has 6 nitrogen and oxygen atoms in total. The molecule has 3 N–H and O–H groups in total. The van der Waals surface area contributed by atoms with Gasteiger partial charge in [0.1, 0.15) is 5.82 Å². The number of pyridine rings is 1. The highest BCUT2D eigenvalue weighted by atomic mass is 127. The van der Waals surface area contributed by atoms with Crippen LogP contribution in [0.25, 0.3) is 0 Å². The molecule has 0 spiro atoms. The summed E-state index contributed by atoms with van der Waals surface area (Å²) >= 11 is 0. The topological polar surface area (TPSA) is 69.8 Å². The summed E-state index contributed by atoms with van der Waals surface area (Å²) < 4.78 is 0. The molecule has 3 rings (SSSR count). The van der Waals surface area contributed by atoms with Crippen LogP contribution >= 0.6 is 24.0 Å². The number of nitrogens with one attached hydrogen (secondary N) is 1. The lowest BCUT2D eigenvalue weighted by atomic mass is 10.1. The van der Waals surface area contributed by atoms with E-state index in [2.05, 4.69) is 63.2 Å². The number of hydrogen-bond acceptors (Lipinski definition) is 4. The molecule has 2 heterocycles. The highest BCUT2D eigenvalue weighted by molar-refractivity contribution is 14.0. The quantitative estimate of drug-likeness (QED) is 0.367. The Morgan fingerprint density at radius 2 is 1.89 bits per heavy atom. The molecule has 7 heteroatoms. The van der Waals surface area contributed by atoms with Gasteiger partial charge >= 0.3 is 0 Å². The van der Waals surface area contributed by atoms with Gasteiger partial charge in [-0.15, -0.1) is 24.0 Å². The van der Waals surface area contributed by atoms with Gasteiger partial charge < -0.3 is 20.9 Å². The molecule has 1 fully saturated rings. The molecule has 0 unspecified atom stereocenters. The molecule has 1 aromatic heterocycles. The van der Waals surface area contributed by atoms with Crippen molar-refractivity contribution in [2.75, 3.05) is 42.9 Å². The largest absolute Gasteiger partial charge is 0.370 e. The highest BCUT2D eigenvalue weighted by Crippen LogP contribution is 2.15. The van der Waals surface area contributed by atoms with Gasteiger partial charge in [-0.3, -0.25) is 0 Å². The second-order valence-corrected chi connectivity index (χ2v) is 6.83. The molecule has 0 atom stereocenters. The van der Waals surface area contributed by atoms with Gasteiger partial charge in [-0.25, -0.2) is 9.98 Å². The van der Waals surface area contributed by atoms with E-state index in [1.54, 1.807) is 0 Å². The second-order valence-electron chi connectivity index (χ2n) is 6.83. The van der Waals surface area contributed by atoms with Crippen molar-refractivity contribution in [3.8, 4) is 0 Å². The summed E-state index contributed by atoms with van der Waals surface area (Å²) in [6, 6.07) is 12.4. The van der Waals surface area contributed by atoms with Crippen LogP contribution in [-0.2, 0) is 13.0 Å². The van der Waals surface area contributed by atoms with Crippen molar-refractivity contribution in [3.63, 3.8) is 0 Å². The second kappa shape index (κ2) is 11.2. The van der Waals surface area contributed by atoms with Crippen LogP contribution < -0.4 is 16.0 Å². The van der Waals surface area contributed by atoms with Crippen molar-refractivity contribution in [1.82, 2.24) is 9.88 Å². The van der Waals surface area contributed by atoms with Crippen LogP contribution in [0.1, 0.15) is 25.0 Å². The van der Waals surface area contributed by atoms with Crippen LogP contribution in [0.5, 0.6) is 0 Å². The lowest BCUT2D eigenvalue weighted by molar-refractivity contribution is 0.270. The molecular weight excluding hydrogens is 463 g/mol. The SMILES string of the molecule is CCc1cccc(NC(N)=NCc2ccc(N3CCN(CC)CC3)nc2)c1.I. The van der Waals surface area contributed by atoms with Crippen LogP contribution in [0.15, 0.2) is 47.6 Å². The molecule has 0 amide bonds. The summed E-state index contributed by atoms with van der Waals surface area (Å²) in [6.07, 6.45) is 2.90. The van der Waals surface area contributed by atoms with Crippen LogP contribution in [0.2, 0.25) is 0 Å². The predicted molar refractivity (Wildman–Crippen MR) is 129 cm³/mol. The molecule has 1 aliphatic heterocycles. The lowest BCUT2D eigenvalue weighted by Crippen LogP contribution is -2.46. The van der Waals surface area contributed by atoms with Crippen LogP contribution in [-0.4, -0.2) is 48.6 Å². The number of rotatable bonds is 6. The third-order valence-electron chi connectivity index (χ3n) is 4.99. The lowest BCUT2D eigenvalue weighted by Gasteiger charge is -2.34. The Hall–Kier alpha value is -1.87. The van der Waals surface area contributed by atoms with E-state index in [1.165, 1.54) is 5.56 Å². The number of anilines is 2. The van der Waals surface area contributed by atoms with Gasteiger partial charge in [-0.05, 0) is 42.3 Å².